The van der Waals surface area contributed by atoms with E-state index < -0.39 is 11.6 Å². The Morgan fingerprint density at radius 1 is 1.24 bits per heavy atom. The lowest BCUT2D eigenvalue weighted by molar-refractivity contribution is 0.215. The second-order valence-corrected chi connectivity index (χ2v) is 4.49. The Balaban J connectivity index is 2.57. The van der Waals surface area contributed by atoms with Gasteiger partial charge in [-0.25, -0.2) is 4.39 Å². The monoisotopic (exact) mass is 307 g/mol. The maximum atomic E-state index is 13.3. The summed E-state index contributed by atoms with van der Waals surface area (Å²) in [6, 6.07) is 2.51. The van der Waals surface area contributed by atoms with Gasteiger partial charge >= 0.3 is 0 Å². The summed E-state index contributed by atoms with van der Waals surface area (Å²) in [5, 5.41) is 0. The zero-order chi connectivity index (χ0) is 12.8. The summed E-state index contributed by atoms with van der Waals surface area (Å²) in [7, 11) is 0. The summed E-state index contributed by atoms with van der Waals surface area (Å²) in [6.45, 7) is 6.95. The van der Waals surface area contributed by atoms with E-state index in [1.165, 1.54) is 6.07 Å². The molecule has 5 heteroatoms. The zero-order valence-electron chi connectivity index (χ0n) is 9.97. The molecule has 0 radical (unpaired) electrons. The summed E-state index contributed by atoms with van der Waals surface area (Å²) in [4.78, 5) is 2.15. The van der Waals surface area contributed by atoms with Crippen LogP contribution in [0.2, 0.25) is 0 Å². The fourth-order valence-corrected chi connectivity index (χ4v) is 1.87. The van der Waals surface area contributed by atoms with Gasteiger partial charge in [0, 0.05) is 11.0 Å². The normalized spacial score (nSPS) is 10.9. The van der Waals surface area contributed by atoms with Crippen LogP contribution in [0.3, 0.4) is 0 Å². The van der Waals surface area contributed by atoms with Crippen LogP contribution in [-0.2, 0) is 0 Å². The van der Waals surface area contributed by atoms with Gasteiger partial charge in [0.1, 0.15) is 6.61 Å². The van der Waals surface area contributed by atoms with Crippen LogP contribution in [0.1, 0.15) is 13.8 Å². The van der Waals surface area contributed by atoms with E-state index in [0.717, 1.165) is 19.2 Å². The van der Waals surface area contributed by atoms with Gasteiger partial charge in [0.25, 0.3) is 0 Å². The topological polar surface area (TPSA) is 12.5 Å². The molecule has 0 aliphatic rings. The van der Waals surface area contributed by atoms with Crippen molar-refractivity contribution in [3.8, 4) is 5.75 Å². The smallest absolute Gasteiger partial charge is 0.200 e. The Hall–Kier alpha value is -0.680. The predicted molar refractivity (Wildman–Crippen MR) is 67.3 cm³/mol. The molecule has 1 aromatic carbocycles. The molecule has 0 atom stereocenters. The van der Waals surface area contributed by atoms with Gasteiger partial charge in [0.15, 0.2) is 11.6 Å². The van der Waals surface area contributed by atoms with E-state index in [0.29, 0.717) is 17.6 Å². The van der Waals surface area contributed by atoms with Gasteiger partial charge in [-0.1, -0.05) is 29.8 Å². The van der Waals surface area contributed by atoms with Crippen LogP contribution in [0.25, 0.3) is 0 Å². The third kappa shape index (κ3) is 4.24. The highest BCUT2D eigenvalue weighted by molar-refractivity contribution is 9.10. The molecule has 1 aromatic rings. The molecular weight excluding hydrogens is 292 g/mol. The molecule has 2 nitrogen and oxygen atoms in total. The fourth-order valence-electron chi connectivity index (χ4n) is 1.46. The molecule has 0 bridgehead atoms. The Kier molecular flexibility index (Phi) is 5.85. The molecule has 96 valence electrons. The lowest BCUT2D eigenvalue weighted by Crippen LogP contribution is -2.28. The van der Waals surface area contributed by atoms with Gasteiger partial charge in [-0.2, -0.15) is 4.39 Å². The van der Waals surface area contributed by atoms with E-state index in [2.05, 4.69) is 20.8 Å². The molecule has 1 rings (SSSR count). The Bertz CT molecular complexity index is 370. The van der Waals surface area contributed by atoms with Crippen LogP contribution in [-0.4, -0.2) is 31.1 Å². The fraction of sp³-hybridized carbons (Fsp3) is 0.500. The molecule has 0 saturated heterocycles. The largest absolute Gasteiger partial charge is 0.489 e. The number of hydrogen-bond donors (Lipinski definition) is 0. The highest BCUT2D eigenvalue weighted by Crippen LogP contribution is 2.25. The first-order chi connectivity index (χ1) is 8.08. The number of benzene rings is 1. The lowest BCUT2D eigenvalue weighted by atomic mass is 10.3. The van der Waals surface area contributed by atoms with Crippen LogP contribution in [0.4, 0.5) is 8.78 Å². The van der Waals surface area contributed by atoms with Crippen LogP contribution >= 0.6 is 15.9 Å². The Morgan fingerprint density at radius 3 is 2.47 bits per heavy atom. The third-order valence-electron chi connectivity index (χ3n) is 2.52. The quantitative estimate of drug-likeness (QED) is 0.746. The first-order valence-electron chi connectivity index (χ1n) is 5.58. The second-order valence-electron chi connectivity index (χ2n) is 3.58. The highest BCUT2D eigenvalue weighted by Gasteiger charge is 2.11. The average Bonchev–Trinajstić information content (AvgIpc) is 2.30. The van der Waals surface area contributed by atoms with Crippen molar-refractivity contribution >= 4 is 15.9 Å². The number of rotatable bonds is 6. The van der Waals surface area contributed by atoms with Gasteiger partial charge in [-0.05, 0) is 25.2 Å². The standard InChI is InChI=1S/C12H16BrF2NO/c1-3-16(4-2)5-6-17-11-8-9(13)7-10(14)12(11)15/h7-8H,3-6H2,1-2H3. The van der Waals surface area contributed by atoms with Gasteiger partial charge in [0.2, 0.25) is 5.82 Å². The van der Waals surface area contributed by atoms with E-state index in [1.54, 1.807) is 0 Å². The molecule has 0 spiro atoms. The van der Waals surface area contributed by atoms with Gasteiger partial charge in [-0.3, -0.25) is 0 Å². The summed E-state index contributed by atoms with van der Waals surface area (Å²) in [5.74, 6) is -1.89. The third-order valence-corrected chi connectivity index (χ3v) is 2.98. The maximum Gasteiger partial charge on any atom is 0.200 e. The molecule has 0 unspecified atom stereocenters. The van der Waals surface area contributed by atoms with Crippen molar-refractivity contribution in [3.05, 3.63) is 28.2 Å². The molecule has 0 N–H and O–H groups in total. The van der Waals surface area contributed by atoms with Crippen LogP contribution < -0.4 is 4.74 Å². The summed E-state index contributed by atoms with van der Waals surface area (Å²) in [5.41, 5.74) is 0. The van der Waals surface area contributed by atoms with Crippen LogP contribution in [0.5, 0.6) is 5.75 Å². The molecule has 0 amide bonds. The number of likely N-dealkylation sites (N-methyl/N-ethyl adjacent to an activating group) is 1. The molecule has 0 aliphatic carbocycles. The number of ether oxygens (including phenoxy) is 1. The minimum absolute atomic E-state index is 0.0518. The molecular formula is C12H16BrF2NO. The summed E-state index contributed by atoms with van der Waals surface area (Å²) < 4.78 is 32.1. The number of nitrogens with zero attached hydrogens (tertiary/aromatic N) is 1. The minimum atomic E-state index is -0.937. The van der Waals surface area contributed by atoms with E-state index in [1.807, 2.05) is 13.8 Å². The minimum Gasteiger partial charge on any atom is -0.489 e. The van der Waals surface area contributed by atoms with Crippen molar-refractivity contribution in [2.24, 2.45) is 0 Å². The van der Waals surface area contributed by atoms with E-state index in [-0.39, 0.29) is 5.75 Å². The second kappa shape index (κ2) is 6.91. The summed E-state index contributed by atoms with van der Waals surface area (Å²) in [6.07, 6.45) is 0. The highest BCUT2D eigenvalue weighted by atomic mass is 79.9. The zero-order valence-corrected chi connectivity index (χ0v) is 11.6. The van der Waals surface area contributed by atoms with E-state index in [9.17, 15) is 8.78 Å². The molecule has 0 saturated carbocycles. The van der Waals surface area contributed by atoms with Crippen molar-refractivity contribution in [2.45, 2.75) is 13.8 Å². The summed E-state index contributed by atoms with van der Waals surface area (Å²) >= 11 is 3.10. The van der Waals surface area contributed by atoms with Crippen molar-refractivity contribution in [1.29, 1.82) is 0 Å². The number of halogens is 3. The molecule has 0 fully saturated rings. The lowest BCUT2D eigenvalue weighted by Gasteiger charge is -2.18. The van der Waals surface area contributed by atoms with E-state index >= 15 is 0 Å². The SMILES string of the molecule is CCN(CC)CCOc1cc(Br)cc(F)c1F. The van der Waals surface area contributed by atoms with Gasteiger partial charge in [0.05, 0.1) is 0 Å². The molecule has 0 aromatic heterocycles. The van der Waals surface area contributed by atoms with Crippen molar-refractivity contribution < 1.29 is 13.5 Å². The van der Waals surface area contributed by atoms with Crippen LogP contribution in [0.15, 0.2) is 16.6 Å². The van der Waals surface area contributed by atoms with Crippen molar-refractivity contribution in [2.75, 3.05) is 26.2 Å². The van der Waals surface area contributed by atoms with Crippen LogP contribution in [0, 0.1) is 11.6 Å². The number of hydrogen-bond acceptors (Lipinski definition) is 2. The molecule has 0 heterocycles. The maximum absolute atomic E-state index is 13.3. The Labute approximate surface area is 109 Å². The molecule has 17 heavy (non-hydrogen) atoms. The van der Waals surface area contributed by atoms with E-state index in [4.69, 9.17) is 4.74 Å². The first kappa shape index (κ1) is 14.4. The first-order valence-corrected chi connectivity index (χ1v) is 6.37. The predicted octanol–water partition coefficient (Wildman–Crippen LogP) is 3.45. The van der Waals surface area contributed by atoms with Crippen molar-refractivity contribution in [1.82, 2.24) is 4.90 Å². The Morgan fingerprint density at radius 2 is 1.88 bits per heavy atom. The van der Waals surface area contributed by atoms with Gasteiger partial charge < -0.3 is 9.64 Å². The molecule has 0 aliphatic heterocycles. The van der Waals surface area contributed by atoms with Gasteiger partial charge in [-0.15, -0.1) is 0 Å². The van der Waals surface area contributed by atoms with Crippen molar-refractivity contribution in [3.63, 3.8) is 0 Å². The average molecular weight is 308 g/mol.